The molecule has 6 rings (SSSR count). The van der Waals surface area contributed by atoms with Crippen LogP contribution in [0.5, 0.6) is 0 Å². The predicted octanol–water partition coefficient (Wildman–Crippen LogP) is 6.30. The van der Waals surface area contributed by atoms with Gasteiger partial charge in [-0.2, -0.15) is 9.90 Å². The third kappa shape index (κ3) is 5.65. The van der Waals surface area contributed by atoms with Crippen molar-refractivity contribution in [2.75, 3.05) is 0 Å². The minimum Gasteiger partial charge on any atom is -0.153 e. The van der Waals surface area contributed by atoms with Crippen LogP contribution in [-0.4, -0.2) is 0 Å². The third-order valence-corrected chi connectivity index (χ3v) is 5.89. The van der Waals surface area contributed by atoms with Gasteiger partial charge in [-0.3, -0.25) is 0 Å². The first-order valence-corrected chi connectivity index (χ1v) is 9.97. The molecule has 2 aromatic rings. The standard InChI is InChI=1S/C24H32.CH4.2H3P/c1-5-17-13-22-11-12-24-16-19(7-3)23(15-20(24)8-4)10-9-21(17)14-18(22)6-2;;;/h13-16H,5-12H2,1-4H3;1H4;2*1H3/p+1. The van der Waals surface area contributed by atoms with Crippen molar-refractivity contribution in [3.8, 4) is 0 Å². The van der Waals surface area contributed by atoms with E-state index in [0.717, 1.165) is 25.7 Å². The first-order valence-electron chi connectivity index (χ1n) is 9.97. The van der Waals surface area contributed by atoms with Gasteiger partial charge in [0, 0.05) is 0 Å². The Morgan fingerprint density at radius 3 is 0.852 bits per heavy atom. The molecule has 0 aliphatic heterocycles. The fourth-order valence-corrected chi connectivity index (χ4v) is 4.37. The van der Waals surface area contributed by atoms with Gasteiger partial charge < -0.3 is 0 Å². The van der Waals surface area contributed by atoms with Crippen LogP contribution in [0.1, 0.15) is 79.6 Å². The van der Waals surface area contributed by atoms with Crippen LogP contribution >= 0.6 is 19.8 Å². The highest BCUT2D eigenvalue weighted by molar-refractivity contribution is 6.92. The Labute approximate surface area is 175 Å². The lowest BCUT2D eigenvalue weighted by molar-refractivity contribution is 0.851. The van der Waals surface area contributed by atoms with Crippen molar-refractivity contribution in [3.63, 3.8) is 0 Å². The predicted molar refractivity (Wildman–Crippen MR) is 136 cm³/mol. The van der Waals surface area contributed by atoms with Crippen molar-refractivity contribution < 1.29 is 0 Å². The van der Waals surface area contributed by atoms with Crippen LogP contribution in [-0.2, 0) is 51.4 Å². The van der Waals surface area contributed by atoms with Crippen LogP contribution in [0, 0.1) is 0 Å². The van der Waals surface area contributed by atoms with Crippen LogP contribution in [0.2, 0.25) is 0 Å². The number of benzene rings is 2. The smallest absolute Gasteiger partial charge is 0.0235 e. The van der Waals surface area contributed by atoms with Gasteiger partial charge >= 0.3 is 0 Å². The van der Waals surface area contributed by atoms with Crippen LogP contribution < -0.4 is 0 Å². The Hall–Kier alpha value is -0.700. The minimum absolute atomic E-state index is 0. The largest absolute Gasteiger partial charge is 0.153 e. The molecule has 0 radical (unpaired) electrons. The van der Waals surface area contributed by atoms with E-state index in [0.29, 0.717) is 0 Å². The van der Waals surface area contributed by atoms with Gasteiger partial charge in [-0.25, -0.2) is 0 Å². The van der Waals surface area contributed by atoms with Gasteiger partial charge in [0.2, 0.25) is 0 Å². The molecular weight excluding hydrogens is 362 g/mol. The molecule has 2 atom stereocenters. The van der Waals surface area contributed by atoms with Crippen molar-refractivity contribution in [1.29, 1.82) is 0 Å². The van der Waals surface area contributed by atoms with E-state index in [2.05, 4.69) is 52.0 Å². The lowest BCUT2D eigenvalue weighted by Gasteiger charge is -2.20. The van der Waals surface area contributed by atoms with Gasteiger partial charge in [0.25, 0.3) is 0 Å². The molecular formula is C25H43P2+. The molecule has 4 aliphatic carbocycles. The lowest BCUT2D eigenvalue weighted by Crippen LogP contribution is -2.08. The van der Waals surface area contributed by atoms with Gasteiger partial charge in [-0.05, 0) is 106 Å². The van der Waals surface area contributed by atoms with Crippen LogP contribution in [0.3, 0.4) is 0 Å². The number of hydrogen-bond acceptors (Lipinski definition) is 0. The second kappa shape index (κ2) is 12.0. The summed E-state index contributed by atoms with van der Waals surface area (Å²) >= 11 is 0. The average molecular weight is 406 g/mol. The van der Waals surface area contributed by atoms with E-state index in [1.165, 1.54) is 25.7 Å². The van der Waals surface area contributed by atoms with E-state index in [-0.39, 0.29) is 27.2 Å². The highest BCUT2D eigenvalue weighted by atomic mass is 31.0. The quantitative estimate of drug-likeness (QED) is 0.523. The highest BCUT2D eigenvalue weighted by Crippen LogP contribution is 2.27. The van der Waals surface area contributed by atoms with Gasteiger partial charge in [-0.1, -0.05) is 59.4 Å². The van der Waals surface area contributed by atoms with Gasteiger partial charge in [-0.15, -0.1) is 0 Å². The molecule has 0 heterocycles. The van der Waals surface area contributed by atoms with E-state index in [1.54, 1.807) is 44.5 Å². The fraction of sp³-hybridized carbons (Fsp3) is 0.520. The summed E-state index contributed by atoms with van der Waals surface area (Å²) in [6, 6.07) is 10.1. The zero-order chi connectivity index (χ0) is 17.1. The number of hydrogen-bond donors (Lipinski definition) is 0. The van der Waals surface area contributed by atoms with Gasteiger partial charge in [0.1, 0.15) is 0 Å². The average Bonchev–Trinajstić information content (AvgIpc) is 2.62. The van der Waals surface area contributed by atoms with E-state index in [9.17, 15) is 0 Å². The van der Waals surface area contributed by atoms with Gasteiger partial charge in [0.05, 0.1) is 0 Å². The SMILES string of the molecule is C.CCc1cc2c(CC)cc1CCc1cc(CC)c(cc1CC)CC2.P.[PH4+]. The maximum absolute atomic E-state index is 2.52. The molecule has 0 spiro atoms. The Balaban J connectivity index is 0.00000225. The third-order valence-electron chi connectivity index (χ3n) is 5.89. The molecule has 0 saturated heterocycles. The molecule has 2 aromatic carbocycles. The molecule has 0 nitrogen and oxygen atoms in total. The Morgan fingerprint density at radius 2 is 0.704 bits per heavy atom. The van der Waals surface area contributed by atoms with Crippen molar-refractivity contribution >= 4 is 19.8 Å². The Morgan fingerprint density at radius 1 is 0.519 bits per heavy atom. The van der Waals surface area contributed by atoms with Crippen molar-refractivity contribution in [3.05, 3.63) is 68.8 Å². The maximum atomic E-state index is 2.52. The summed E-state index contributed by atoms with van der Waals surface area (Å²) < 4.78 is 0. The van der Waals surface area contributed by atoms with Crippen LogP contribution in [0.4, 0.5) is 0 Å². The first kappa shape index (κ1) is 26.3. The first-order chi connectivity index (χ1) is 11.7. The zero-order valence-electron chi connectivity index (χ0n) is 17.7. The Bertz CT molecular complexity index is 605. The van der Waals surface area contributed by atoms with E-state index < -0.39 is 0 Å². The highest BCUT2D eigenvalue weighted by Gasteiger charge is 2.14. The minimum atomic E-state index is 0. The van der Waals surface area contributed by atoms with Crippen LogP contribution in [0.15, 0.2) is 24.3 Å². The lowest BCUT2D eigenvalue weighted by atomic mass is 9.85. The second-order valence-electron chi connectivity index (χ2n) is 7.19. The molecule has 2 unspecified atom stereocenters. The molecule has 2 heteroatoms. The molecule has 0 amide bonds. The summed E-state index contributed by atoms with van der Waals surface area (Å²) in [6.07, 6.45) is 9.38. The zero-order valence-corrected chi connectivity index (χ0v) is 21.1. The normalized spacial score (nSPS) is 12.3. The fourth-order valence-electron chi connectivity index (χ4n) is 4.37. The maximum Gasteiger partial charge on any atom is -0.0235 e. The summed E-state index contributed by atoms with van der Waals surface area (Å²) in [4.78, 5) is 0. The number of rotatable bonds is 4. The molecule has 0 saturated carbocycles. The second-order valence-corrected chi connectivity index (χ2v) is 7.19. The van der Waals surface area contributed by atoms with Gasteiger partial charge in [0.15, 0.2) is 0 Å². The molecule has 4 bridgehead atoms. The number of aryl methyl sites for hydroxylation is 8. The van der Waals surface area contributed by atoms with E-state index >= 15 is 0 Å². The molecule has 4 aliphatic rings. The van der Waals surface area contributed by atoms with E-state index in [4.69, 9.17) is 0 Å². The molecule has 0 fully saturated rings. The Kier molecular flexibility index (Phi) is 11.7. The van der Waals surface area contributed by atoms with Crippen molar-refractivity contribution in [2.24, 2.45) is 0 Å². The topological polar surface area (TPSA) is 0 Å². The summed E-state index contributed by atoms with van der Waals surface area (Å²) in [5, 5.41) is 0. The summed E-state index contributed by atoms with van der Waals surface area (Å²) in [7, 11) is 0. The van der Waals surface area contributed by atoms with E-state index in [1.807, 2.05) is 0 Å². The summed E-state index contributed by atoms with van der Waals surface area (Å²) in [5.41, 5.74) is 12.6. The molecule has 152 valence electrons. The molecule has 27 heavy (non-hydrogen) atoms. The summed E-state index contributed by atoms with van der Waals surface area (Å²) in [6.45, 7) is 9.22. The van der Waals surface area contributed by atoms with Crippen LogP contribution in [0.25, 0.3) is 0 Å². The summed E-state index contributed by atoms with van der Waals surface area (Å²) in [5.74, 6) is 0. The monoisotopic (exact) mass is 405 g/mol. The van der Waals surface area contributed by atoms with Crippen molar-refractivity contribution in [1.82, 2.24) is 0 Å². The molecule has 0 N–H and O–H groups in total. The van der Waals surface area contributed by atoms with Crippen molar-refractivity contribution in [2.45, 2.75) is 86.5 Å². The molecule has 0 aromatic heterocycles.